The third-order valence-corrected chi connectivity index (χ3v) is 15.1. The zero-order valence-electron chi connectivity index (χ0n) is 37.3. The van der Waals surface area contributed by atoms with Gasteiger partial charge in [0.05, 0.1) is 17.1 Å². The second-order valence-electron chi connectivity index (χ2n) is 15.7. The van der Waals surface area contributed by atoms with Gasteiger partial charge in [-0.05, 0) is 84.3 Å². The van der Waals surface area contributed by atoms with Crippen molar-refractivity contribution < 1.29 is 13.2 Å². The number of hydrogen-bond acceptors (Lipinski definition) is 15. The Morgan fingerprint density at radius 2 is 0.775 bits per heavy atom. The van der Waals surface area contributed by atoms with Gasteiger partial charge < -0.3 is 0 Å². The predicted molar refractivity (Wildman–Crippen MR) is 285 cm³/mol. The van der Waals surface area contributed by atoms with E-state index in [1.807, 2.05) is 81.5 Å². The minimum absolute atomic E-state index is 0.252. The molecule has 6 aromatic carbocycles. The van der Waals surface area contributed by atoms with Crippen molar-refractivity contribution >= 4 is 68.6 Å². The first-order chi connectivity index (χ1) is 34.7. The molecule has 71 heavy (non-hydrogen) atoms. The first-order valence-electron chi connectivity index (χ1n) is 21.5. The van der Waals surface area contributed by atoms with E-state index in [2.05, 4.69) is 100 Å². The van der Waals surface area contributed by atoms with Crippen LogP contribution in [0.25, 0.3) is 99.3 Å². The number of nitrogens with zero attached hydrogens (tertiary/aromatic N) is 9. The Morgan fingerprint density at radius 1 is 0.352 bits per heavy atom. The Kier molecular flexibility index (Phi) is 14.5. The lowest BCUT2D eigenvalue weighted by Gasteiger charge is -2.03. The lowest BCUT2D eigenvalue weighted by molar-refractivity contribution is 0.509. The summed E-state index contributed by atoms with van der Waals surface area (Å²) in [6, 6.07) is 41.0. The monoisotopic (exact) mass is 1050 g/mol. The van der Waals surface area contributed by atoms with Crippen LogP contribution in [0, 0.1) is 31.3 Å². The number of benzene rings is 6. The van der Waals surface area contributed by atoms with Crippen molar-refractivity contribution in [3.05, 3.63) is 194 Å². The van der Waals surface area contributed by atoms with Crippen molar-refractivity contribution in [2.24, 2.45) is 0 Å². The summed E-state index contributed by atoms with van der Waals surface area (Å²) in [5.41, 5.74) is 16.4. The van der Waals surface area contributed by atoms with Gasteiger partial charge in [0.25, 0.3) is 0 Å². The lowest BCUT2D eigenvalue weighted by Crippen LogP contribution is -1.86. The average Bonchev–Trinajstić information content (AvgIpc) is 4.26. The van der Waals surface area contributed by atoms with E-state index >= 15 is 0 Å². The maximum atomic E-state index is 13.4. The number of hydrogen-bond donors (Lipinski definition) is 0. The molecule has 12 aromatic rings. The van der Waals surface area contributed by atoms with Gasteiger partial charge in [0.1, 0.15) is 37.9 Å². The minimum Gasteiger partial charge on any atom is -0.236 e. The summed E-state index contributed by atoms with van der Waals surface area (Å²) >= 11 is 8.69. The fourth-order valence-corrected chi connectivity index (χ4v) is 11.1. The van der Waals surface area contributed by atoms with Crippen molar-refractivity contribution in [1.82, 2.24) is 43.7 Å². The number of halogens is 3. The average molecular weight is 1050 g/mol. The Hall–Kier alpha value is -7.32. The van der Waals surface area contributed by atoms with E-state index in [-0.39, 0.29) is 5.82 Å². The first-order valence-corrected chi connectivity index (χ1v) is 26.6. The van der Waals surface area contributed by atoms with Crippen LogP contribution in [0.15, 0.2) is 166 Å². The number of aromatic nitrogens is 9. The third kappa shape index (κ3) is 11.3. The van der Waals surface area contributed by atoms with Gasteiger partial charge in [-0.25, -0.2) is 28.1 Å². The van der Waals surface area contributed by atoms with Gasteiger partial charge in [-0.2, -0.15) is 0 Å². The van der Waals surface area contributed by atoms with Crippen LogP contribution in [-0.4, -0.2) is 43.7 Å². The molecule has 0 saturated carbocycles. The molecule has 12 rings (SSSR count). The summed E-state index contributed by atoms with van der Waals surface area (Å²) in [6.07, 6.45) is 0. The van der Waals surface area contributed by atoms with E-state index in [0.29, 0.717) is 11.3 Å². The van der Waals surface area contributed by atoms with Crippen LogP contribution >= 0.6 is 68.6 Å². The Bertz CT molecular complexity index is 3650. The summed E-state index contributed by atoms with van der Waals surface area (Å²) in [6.45, 7) is 4.25. The third-order valence-electron chi connectivity index (χ3n) is 10.9. The molecule has 0 aliphatic carbocycles. The molecule has 18 heteroatoms. The van der Waals surface area contributed by atoms with Crippen LogP contribution in [0.2, 0.25) is 0 Å². The molecule has 0 amide bonds. The molecular weight excluding hydrogens is 1010 g/mol. The lowest BCUT2D eigenvalue weighted by atomic mass is 10.0. The van der Waals surface area contributed by atoms with Gasteiger partial charge >= 0.3 is 0 Å². The standard InChI is InChI=1S/C19H15N3S2.C17H9F2N3S2.C17H10FN3S2/c1-12-3-8-16(13(2)9-12)18-10-23-19(20-18)15-6-4-14(5-7-15)17-11-24-22-21-17;18-13-6-5-12(7-14(13)19)15-8-23-17(20-15)11-3-1-10(2-4-11)16-9-24-22-21-16;18-14-3-1-2-13(8-14)15-9-22-17(19-15)12-6-4-11(5-7-12)16-10-23-21-20-16/h3-11H,1-2H3;1-9H;1-10H. The van der Waals surface area contributed by atoms with Crippen molar-refractivity contribution in [3.8, 4) is 99.3 Å². The smallest absolute Gasteiger partial charge is 0.159 e. The summed E-state index contributed by atoms with van der Waals surface area (Å²) in [7, 11) is 0. The molecule has 0 atom stereocenters. The van der Waals surface area contributed by atoms with Crippen molar-refractivity contribution in [1.29, 1.82) is 0 Å². The first kappa shape index (κ1) is 47.4. The van der Waals surface area contributed by atoms with E-state index < -0.39 is 11.6 Å². The van der Waals surface area contributed by atoms with Crippen LogP contribution < -0.4 is 0 Å². The van der Waals surface area contributed by atoms with E-state index in [9.17, 15) is 13.2 Å². The van der Waals surface area contributed by atoms with E-state index in [4.69, 9.17) is 4.98 Å². The molecule has 0 unspecified atom stereocenters. The van der Waals surface area contributed by atoms with Gasteiger partial charge in [-0.3, -0.25) is 0 Å². The van der Waals surface area contributed by atoms with Crippen molar-refractivity contribution in [3.63, 3.8) is 0 Å². The second-order valence-corrected chi connectivity index (χ2v) is 20.1. The molecule has 0 N–H and O–H groups in total. The highest BCUT2D eigenvalue weighted by molar-refractivity contribution is 7.14. The Balaban J connectivity index is 0.000000123. The second kappa shape index (κ2) is 21.8. The SMILES string of the molecule is Cc1ccc(-c2csc(-c3ccc(-c4csnn4)cc3)n2)c(C)c1.Fc1ccc(-c2csc(-c3ccc(-c4csnn4)cc3)n2)cc1F.Fc1cccc(-c2csc(-c3ccc(-c4csnn4)cc3)n2)c1. The molecule has 0 fully saturated rings. The summed E-state index contributed by atoms with van der Waals surface area (Å²) in [5.74, 6) is -1.98. The van der Waals surface area contributed by atoms with Gasteiger partial charge in [-0.1, -0.05) is 122 Å². The van der Waals surface area contributed by atoms with Crippen LogP contribution in [0.4, 0.5) is 13.2 Å². The molecule has 0 aliphatic rings. The van der Waals surface area contributed by atoms with Gasteiger partial charge in [0, 0.05) is 82.4 Å². The quantitative estimate of drug-likeness (QED) is 0.139. The molecule has 6 heterocycles. The van der Waals surface area contributed by atoms with Crippen LogP contribution in [0.1, 0.15) is 11.1 Å². The molecule has 348 valence electrons. The van der Waals surface area contributed by atoms with Gasteiger partial charge in [0.2, 0.25) is 0 Å². The Morgan fingerprint density at radius 3 is 1.20 bits per heavy atom. The molecule has 0 bridgehead atoms. The van der Waals surface area contributed by atoms with Crippen LogP contribution in [0.5, 0.6) is 0 Å². The van der Waals surface area contributed by atoms with Gasteiger partial charge in [0.15, 0.2) is 11.6 Å². The summed E-state index contributed by atoms with van der Waals surface area (Å²) in [5, 5.41) is 26.6. The summed E-state index contributed by atoms with van der Waals surface area (Å²) in [4.78, 5) is 14.0. The largest absolute Gasteiger partial charge is 0.236 e. The number of thiazole rings is 3. The summed E-state index contributed by atoms with van der Waals surface area (Å²) < 4.78 is 51.4. The highest BCUT2D eigenvalue weighted by Gasteiger charge is 2.13. The van der Waals surface area contributed by atoms with Crippen molar-refractivity contribution in [2.45, 2.75) is 13.8 Å². The van der Waals surface area contributed by atoms with Crippen LogP contribution in [-0.2, 0) is 0 Å². The molecule has 6 aromatic heterocycles. The fourth-order valence-electron chi connectivity index (χ4n) is 7.23. The number of aryl methyl sites for hydroxylation is 2. The van der Waals surface area contributed by atoms with E-state index in [1.54, 1.807) is 28.7 Å². The highest BCUT2D eigenvalue weighted by atomic mass is 32.1. The van der Waals surface area contributed by atoms with Gasteiger partial charge in [-0.15, -0.1) is 49.3 Å². The topological polar surface area (TPSA) is 116 Å². The zero-order valence-corrected chi connectivity index (χ0v) is 42.2. The molecule has 9 nitrogen and oxygen atoms in total. The molecule has 0 saturated heterocycles. The Labute approximate surface area is 429 Å². The zero-order chi connectivity index (χ0) is 48.7. The maximum Gasteiger partial charge on any atom is 0.159 e. The fraction of sp³-hybridized carbons (Fsp3) is 0.0377. The number of rotatable bonds is 9. The highest BCUT2D eigenvalue weighted by Crippen LogP contribution is 2.34. The van der Waals surface area contributed by atoms with E-state index in [0.717, 1.165) is 94.6 Å². The molecule has 0 radical (unpaired) electrons. The molecular formula is C53H34F3N9S6. The maximum absolute atomic E-state index is 13.4. The molecule has 0 aliphatic heterocycles. The minimum atomic E-state index is -0.872. The van der Waals surface area contributed by atoms with Crippen LogP contribution in [0.3, 0.4) is 0 Å². The van der Waals surface area contributed by atoms with Crippen molar-refractivity contribution in [2.75, 3.05) is 0 Å². The van der Waals surface area contributed by atoms with E-state index in [1.165, 1.54) is 80.8 Å². The normalized spacial score (nSPS) is 10.9. The predicted octanol–water partition coefficient (Wildman–Crippen LogP) is 16.0. The molecule has 0 spiro atoms.